The Morgan fingerprint density at radius 2 is 2.00 bits per heavy atom. The summed E-state index contributed by atoms with van der Waals surface area (Å²) in [5, 5.41) is 0. The molecule has 0 radical (unpaired) electrons. The summed E-state index contributed by atoms with van der Waals surface area (Å²) in [6, 6.07) is 1.69. The highest BCUT2D eigenvalue weighted by atomic mass is 79.9. The first-order chi connectivity index (χ1) is 8.06. The van der Waals surface area contributed by atoms with Crippen molar-refractivity contribution in [2.45, 2.75) is 38.8 Å². The van der Waals surface area contributed by atoms with Crippen molar-refractivity contribution >= 4 is 37.3 Å². The topological polar surface area (TPSA) is 46.2 Å². The SMILES string of the molecule is Cc1cc(S(=O)(=O)NCC(C)(C)C(C)C)sc1Br. The number of rotatable bonds is 5. The molecule has 1 rings (SSSR count). The Hall–Kier alpha value is 0.0900. The molecule has 1 aromatic heterocycles. The average Bonchev–Trinajstić information content (AvgIpc) is 2.57. The second-order valence-corrected chi connectivity index (χ2v) is 9.85. The lowest BCUT2D eigenvalue weighted by Crippen LogP contribution is -2.36. The number of sulfonamides is 1. The van der Waals surface area contributed by atoms with Crippen LogP contribution in [0.25, 0.3) is 0 Å². The predicted molar refractivity (Wildman–Crippen MR) is 80.6 cm³/mol. The van der Waals surface area contributed by atoms with Gasteiger partial charge in [-0.1, -0.05) is 27.7 Å². The molecule has 1 aromatic rings. The minimum atomic E-state index is -3.39. The van der Waals surface area contributed by atoms with Crippen molar-refractivity contribution in [3.8, 4) is 0 Å². The lowest BCUT2D eigenvalue weighted by Gasteiger charge is -2.29. The van der Waals surface area contributed by atoms with Gasteiger partial charge in [0.25, 0.3) is 0 Å². The summed E-state index contributed by atoms with van der Waals surface area (Å²) in [7, 11) is -3.39. The van der Waals surface area contributed by atoms with Gasteiger partial charge in [0, 0.05) is 6.54 Å². The predicted octanol–water partition coefficient (Wildman–Crippen LogP) is 3.78. The second-order valence-electron chi connectivity index (χ2n) is 5.49. The van der Waals surface area contributed by atoms with Crippen LogP contribution in [0.4, 0.5) is 0 Å². The van der Waals surface area contributed by atoms with E-state index in [9.17, 15) is 8.42 Å². The minimum absolute atomic E-state index is 0.0589. The third kappa shape index (κ3) is 3.79. The van der Waals surface area contributed by atoms with Gasteiger partial charge in [0.05, 0.1) is 3.79 Å². The summed E-state index contributed by atoms with van der Waals surface area (Å²) < 4.78 is 28.2. The molecule has 0 amide bonds. The average molecular weight is 354 g/mol. The molecule has 0 saturated carbocycles. The van der Waals surface area contributed by atoms with Crippen LogP contribution in [0.15, 0.2) is 14.1 Å². The molecule has 3 nitrogen and oxygen atoms in total. The van der Waals surface area contributed by atoms with E-state index in [1.165, 1.54) is 11.3 Å². The van der Waals surface area contributed by atoms with Gasteiger partial charge >= 0.3 is 0 Å². The van der Waals surface area contributed by atoms with Crippen molar-refractivity contribution in [2.75, 3.05) is 6.54 Å². The van der Waals surface area contributed by atoms with E-state index >= 15 is 0 Å². The number of aryl methyl sites for hydroxylation is 1. The molecule has 104 valence electrons. The van der Waals surface area contributed by atoms with Gasteiger partial charge in [-0.15, -0.1) is 11.3 Å². The van der Waals surface area contributed by atoms with E-state index in [0.29, 0.717) is 16.7 Å². The molecule has 6 heteroatoms. The lowest BCUT2D eigenvalue weighted by molar-refractivity contribution is 0.252. The first-order valence-corrected chi connectivity index (χ1v) is 8.91. The second kappa shape index (κ2) is 5.61. The molecular weight excluding hydrogens is 334 g/mol. The molecule has 0 bridgehead atoms. The van der Waals surface area contributed by atoms with Gasteiger partial charge in [0.1, 0.15) is 4.21 Å². The van der Waals surface area contributed by atoms with E-state index in [1.54, 1.807) is 6.07 Å². The highest BCUT2D eigenvalue weighted by molar-refractivity contribution is 9.11. The molecule has 18 heavy (non-hydrogen) atoms. The number of nitrogens with one attached hydrogen (secondary N) is 1. The first kappa shape index (κ1) is 16.1. The quantitative estimate of drug-likeness (QED) is 0.875. The number of thiophene rings is 1. The van der Waals surface area contributed by atoms with Crippen LogP contribution in [0, 0.1) is 18.3 Å². The van der Waals surface area contributed by atoms with Crippen LogP contribution < -0.4 is 4.72 Å². The van der Waals surface area contributed by atoms with Crippen molar-refractivity contribution in [2.24, 2.45) is 11.3 Å². The van der Waals surface area contributed by atoms with Crippen LogP contribution in [0.5, 0.6) is 0 Å². The van der Waals surface area contributed by atoms with Gasteiger partial charge in [-0.25, -0.2) is 13.1 Å². The summed E-state index contributed by atoms with van der Waals surface area (Å²) in [6.45, 7) is 10.7. The number of halogens is 1. The summed E-state index contributed by atoms with van der Waals surface area (Å²) in [5.41, 5.74) is 0.889. The zero-order chi connectivity index (χ0) is 14.1. The molecule has 0 unspecified atom stereocenters. The summed E-state index contributed by atoms with van der Waals surface area (Å²) in [4.78, 5) is 0. The van der Waals surface area contributed by atoms with Crippen LogP contribution in [-0.4, -0.2) is 15.0 Å². The van der Waals surface area contributed by atoms with Gasteiger partial charge in [-0.05, 0) is 45.8 Å². The number of hydrogen-bond acceptors (Lipinski definition) is 3. The first-order valence-electron chi connectivity index (χ1n) is 5.82. The Morgan fingerprint density at radius 1 is 1.44 bits per heavy atom. The summed E-state index contributed by atoms with van der Waals surface area (Å²) in [6.07, 6.45) is 0. The van der Waals surface area contributed by atoms with Crippen LogP contribution in [0.1, 0.15) is 33.3 Å². The molecule has 0 spiro atoms. The van der Waals surface area contributed by atoms with Crippen molar-refractivity contribution < 1.29 is 8.42 Å². The molecule has 0 aliphatic heterocycles. The van der Waals surface area contributed by atoms with Crippen LogP contribution in [0.3, 0.4) is 0 Å². The monoisotopic (exact) mass is 353 g/mol. The molecule has 0 saturated heterocycles. The van der Waals surface area contributed by atoms with E-state index in [-0.39, 0.29) is 5.41 Å². The van der Waals surface area contributed by atoms with E-state index in [1.807, 2.05) is 6.92 Å². The largest absolute Gasteiger partial charge is 0.250 e. The molecule has 1 N–H and O–H groups in total. The number of hydrogen-bond donors (Lipinski definition) is 1. The van der Waals surface area contributed by atoms with Crippen LogP contribution in [0.2, 0.25) is 0 Å². The summed E-state index contributed by atoms with van der Waals surface area (Å²) in [5.74, 6) is 0.414. The minimum Gasteiger partial charge on any atom is -0.210 e. The molecule has 1 heterocycles. The Labute approximate surface area is 122 Å². The molecule has 0 fully saturated rings. The molecule has 0 aliphatic rings. The molecule has 0 aromatic carbocycles. The fraction of sp³-hybridized carbons (Fsp3) is 0.667. The third-order valence-corrected chi connectivity index (χ3v) is 7.39. The zero-order valence-corrected chi connectivity index (χ0v) is 14.6. The normalized spacial score (nSPS) is 13.3. The lowest BCUT2D eigenvalue weighted by atomic mass is 9.81. The van der Waals surface area contributed by atoms with Crippen molar-refractivity contribution in [1.82, 2.24) is 4.72 Å². The van der Waals surface area contributed by atoms with Gasteiger partial charge in [0.15, 0.2) is 0 Å². The van der Waals surface area contributed by atoms with Gasteiger partial charge < -0.3 is 0 Å². The molecule has 0 atom stereocenters. The molecule has 0 aliphatic carbocycles. The maximum Gasteiger partial charge on any atom is 0.250 e. The van der Waals surface area contributed by atoms with Gasteiger partial charge in [-0.2, -0.15) is 0 Å². The Morgan fingerprint density at radius 3 is 2.39 bits per heavy atom. The van der Waals surface area contributed by atoms with Gasteiger partial charge in [0.2, 0.25) is 10.0 Å². The van der Waals surface area contributed by atoms with E-state index in [4.69, 9.17) is 0 Å². The van der Waals surface area contributed by atoms with E-state index in [2.05, 4.69) is 48.3 Å². The van der Waals surface area contributed by atoms with Crippen LogP contribution >= 0.6 is 27.3 Å². The maximum atomic E-state index is 12.1. The summed E-state index contributed by atoms with van der Waals surface area (Å²) >= 11 is 4.60. The fourth-order valence-corrected chi connectivity index (χ4v) is 4.61. The fourth-order valence-electron chi connectivity index (χ4n) is 1.12. The van der Waals surface area contributed by atoms with Crippen molar-refractivity contribution in [3.05, 3.63) is 15.4 Å². The smallest absolute Gasteiger partial charge is 0.210 e. The zero-order valence-electron chi connectivity index (χ0n) is 11.4. The third-order valence-electron chi connectivity index (χ3n) is 3.38. The standard InChI is InChI=1S/C12H20BrNO2S2/c1-8(2)12(4,5)7-14-18(15,16)10-6-9(3)11(13)17-10/h6,8,14H,7H2,1-5H3. The maximum absolute atomic E-state index is 12.1. The van der Waals surface area contributed by atoms with Gasteiger partial charge in [-0.3, -0.25) is 0 Å². The highest BCUT2D eigenvalue weighted by Crippen LogP contribution is 2.31. The Bertz CT molecular complexity index is 499. The van der Waals surface area contributed by atoms with Crippen LogP contribution in [-0.2, 0) is 10.0 Å². The van der Waals surface area contributed by atoms with E-state index in [0.717, 1.165) is 9.35 Å². The Kier molecular flexibility index (Phi) is 5.03. The Balaban J connectivity index is 2.84. The van der Waals surface area contributed by atoms with E-state index < -0.39 is 10.0 Å². The molecular formula is C12H20BrNO2S2. The highest BCUT2D eigenvalue weighted by Gasteiger charge is 2.26. The van der Waals surface area contributed by atoms with Crippen molar-refractivity contribution in [1.29, 1.82) is 0 Å². The van der Waals surface area contributed by atoms with Crippen molar-refractivity contribution in [3.63, 3.8) is 0 Å².